The van der Waals surface area contributed by atoms with E-state index in [0.717, 1.165) is 56.6 Å². The quantitative estimate of drug-likeness (QED) is 0.783. The molecule has 0 atom stereocenters. The van der Waals surface area contributed by atoms with Crippen molar-refractivity contribution < 1.29 is 18.0 Å². The lowest BCUT2D eigenvalue weighted by molar-refractivity contribution is -0.137. The van der Waals surface area contributed by atoms with Crippen molar-refractivity contribution in [1.82, 2.24) is 4.98 Å². The Morgan fingerprint density at radius 1 is 1.10 bits per heavy atom. The van der Waals surface area contributed by atoms with Crippen LogP contribution >= 0.6 is 0 Å². The standard InChI is InChI=1S/C22H24F3N3O/c23-22(24,25)16-8-10-17(11-9-16)27-20(29)7-1-6-19-18-5-3-13-28-12-2-4-15(14-26-19)21(18)28/h8-11,14H,1-7,12-13H2,(H,27,29). The van der Waals surface area contributed by atoms with Crippen molar-refractivity contribution in [2.75, 3.05) is 23.3 Å². The van der Waals surface area contributed by atoms with Crippen LogP contribution in [0.2, 0.25) is 0 Å². The highest BCUT2D eigenvalue weighted by Crippen LogP contribution is 2.36. The average Bonchev–Trinajstić information content (AvgIpc) is 2.70. The highest BCUT2D eigenvalue weighted by Gasteiger charge is 2.30. The molecule has 2 aliphatic heterocycles. The molecular weight excluding hydrogens is 379 g/mol. The number of aryl methyl sites for hydroxylation is 2. The normalized spacial score (nSPS) is 15.8. The molecule has 1 N–H and O–H groups in total. The summed E-state index contributed by atoms with van der Waals surface area (Å²) < 4.78 is 37.8. The van der Waals surface area contributed by atoms with Crippen LogP contribution in [0.15, 0.2) is 30.5 Å². The molecule has 2 aliphatic rings. The second kappa shape index (κ2) is 8.05. The number of nitrogens with one attached hydrogen (secondary N) is 1. The van der Waals surface area contributed by atoms with Crippen molar-refractivity contribution in [2.24, 2.45) is 0 Å². The Bertz CT molecular complexity index is 891. The number of carbonyl (C=O) groups excluding carboxylic acids is 1. The Labute approximate surface area is 168 Å². The monoisotopic (exact) mass is 403 g/mol. The van der Waals surface area contributed by atoms with E-state index in [1.165, 1.54) is 35.4 Å². The van der Waals surface area contributed by atoms with Crippen molar-refractivity contribution in [2.45, 2.75) is 51.1 Å². The molecule has 2 aromatic rings. The molecule has 4 nitrogen and oxygen atoms in total. The van der Waals surface area contributed by atoms with Crippen LogP contribution in [0.25, 0.3) is 0 Å². The lowest BCUT2D eigenvalue weighted by Crippen LogP contribution is -2.35. The van der Waals surface area contributed by atoms with E-state index in [2.05, 4.69) is 15.2 Å². The number of nitrogens with zero attached hydrogens (tertiary/aromatic N) is 2. The molecule has 0 bridgehead atoms. The molecule has 0 radical (unpaired) electrons. The zero-order valence-electron chi connectivity index (χ0n) is 16.2. The maximum Gasteiger partial charge on any atom is 0.416 e. The van der Waals surface area contributed by atoms with Gasteiger partial charge in [-0.1, -0.05) is 0 Å². The zero-order chi connectivity index (χ0) is 20.4. The number of rotatable bonds is 5. The molecule has 0 saturated carbocycles. The lowest BCUT2D eigenvalue weighted by atomic mass is 9.91. The topological polar surface area (TPSA) is 45.2 Å². The number of aromatic nitrogens is 1. The third-order valence-electron chi connectivity index (χ3n) is 5.67. The van der Waals surface area contributed by atoms with E-state index in [1.807, 2.05) is 6.20 Å². The first kappa shape index (κ1) is 19.7. The van der Waals surface area contributed by atoms with E-state index in [4.69, 9.17) is 0 Å². The molecule has 4 rings (SSSR count). The number of hydrogen-bond acceptors (Lipinski definition) is 3. The maximum atomic E-state index is 12.6. The number of carbonyl (C=O) groups is 1. The first-order chi connectivity index (χ1) is 13.9. The first-order valence-corrected chi connectivity index (χ1v) is 10.1. The first-order valence-electron chi connectivity index (χ1n) is 10.1. The van der Waals surface area contributed by atoms with E-state index in [0.29, 0.717) is 18.5 Å². The van der Waals surface area contributed by atoms with E-state index in [9.17, 15) is 18.0 Å². The van der Waals surface area contributed by atoms with Crippen LogP contribution in [0.4, 0.5) is 24.5 Å². The number of benzene rings is 1. The van der Waals surface area contributed by atoms with Gasteiger partial charge in [0.15, 0.2) is 0 Å². The van der Waals surface area contributed by atoms with Crippen LogP contribution in [0, 0.1) is 0 Å². The fraction of sp³-hybridized carbons (Fsp3) is 0.455. The predicted octanol–water partition coefficient (Wildman–Crippen LogP) is 4.76. The summed E-state index contributed by atoms with van der Waals surface area (Å²) in [7, 11) is 0. The number of halogens is 3. The summed E-state index contributed by atoms with van der Waals surface area (Å²) in [6.45, 7) is 2.22. The minimum Gasteiger partial charge on any atom is -0.371 e. The minimum absolute atomic E-state index is 0.196. The Morgan fingerprint density at radius 2 is 1.83 bits per heavy atom. The van der Waals surface area contributed by atoms with Gasteiger partial charge in [-0.15, -0.1) is 0 Å². The number of hydrogen-bond donors (Lipinski definition) is 1. The fourth-order valence-corrected chi connectivity index (χ4v) is 4.31. The van der Waals surface area contributed by atoms with Gasteiger partial charge in [0.25, 0.3) is 0 Å². The van der Waals surface area contributed by atoms with E-state index in [-0.39, 0.29) is 5.91 Å². The molecule has 0 aliphatic carbocycles. The second-order valence-electron chi connectivity index (χ2n) is 7.73. The number of pyridine rings is 1. The molecule has 0 fully saturated rings. The molecule has 154 valence electrons. The van der Waals surface area contributed by atoms with Gasteiger partial charge in [-0.3, -0.25) is 9.78 Å². The van der Waals surface area contributed by atoms with E-state index in [1.54, 1.807) is 0 Å². The molecule has 1 aromatic carbocycles. The van der Waals surface area contributed by atoms with Gasteiger partial charge in [0.05, 0.1) is 5.56 Å². The molecule has 0 spiro atoms. The minimum atomic E-state index is -4.37. The van der Waals surface area contributed by atoms with Crippen molar-refractivity contribution in [3.8, 4) is 0 Å². The maximum absolute atomic E-state index is 12.6. The van der Waals surface area contributed by atoms with Crippen molar-refractivity contribution in [3.05, 3.63) is 52.8 Å². The van der Waals surface area contributed by atoms with E-state index >= 15 is 0 Å². The Hall–Kier alpha value is -2.57. The third-order valence-corrected chi connectivity index (χ3v) is 5.67. The van der Waals surface area contributed by atoms with Gasteiger partial charge in [-0.05, 0) is 73.9 Å². The molecule has 3 heterocycles. The van der Waals surface area contributed by atoms with Gasteiger partial charge in [-0.2, -0.15) is 13.2 Å². The van der Waals surface area contributed by atoms with Gasteiger partial charge in [0, 0.05) is 42.8 Å². The second-order valence-corrected chi connectivity index (χ2v) is 7.73. The van der Waals surface area contributed by atoms with E-state index < -0.39 is 11.7 Å². The Morgan fingerprint density at radius 3 is 2.55 bits per heavy atom. The van der Waals surface area contributed by atoms with Crippen molar-refractivity contribution >= 4 is 17.3 Å². The zero-order valence-corrected chi connectivity index (χ0v) is 16.2. The van der Waals surface area contributed by atoms with Crippen LogP contribution in [0.3, 0.4) is 0 Å². The SMILES string of the molecule is O=C(CCCc1ncc2c3c1CCCN3CCC2)Nc1ccc(C(F)(F)F)cc1. The lowest BCUT2D eigenvalue weighted by Gasteiger charge is -2.37. The highest BCUT2D eigenvalue weighted by molar-refractivity contribution is 5.90. The van der Waals surface area contributed by atoms with Crippen molar-refractivity contribution in [3.63, 3.8) is 0 Å². The summed E-state index contributed by atoms with van der Waals surface area (Å²) >= 11 is 0. The molecule has 1 amide bonds. The highest BCUT2D eigenvalue weighted by atomic mass is 19.4. The van der Waals surface area contributed by atoms with Gasteiger partial charge in [-0.25, -0.2) is 0 Å². The number of anilines is 2. The predicted molar refractivity (Wildman–Crippen MR) is 106 cm³/mol. The molecule has 29 heavy (non-hydrogen) atoms. The number of amides is 1. The summed E-state index contributed by atoms with van der Waals surface area (Å²) in [6, 6.07) is 4.52. The van der Waals surface area contributed by atoms with Crippen LogP contribution < -0.4 is 10.2 Å². The summed E-state index contributed by atoms with van der Waals surface area (Å²) in [5.41, 5.74) is 4.79. The summed E-state index contributed by atoms with van der Waals surface area (Å²) in [4.78, 5) is 19.3. The smallest absolute Gasteiger partial charge is 0.371 e. The van der Waals surface area contributed by atoms with Crippen LogP contribution in [-0.4, -0.2) is 24.0 Å². The van der Waals surface area contributed by atoms with Crippen LogP contribution in [-0.2, 0) is 30.2 Å². The van der Waals surface area contributed by atoms with Crippen LogP contribution in [0.1, 0.15) is 48.1 Å². The summed E-state index contributed by atoms with van der Waals surface area (Å²) in [6.07, 6.45) is 3.76. The third kappa shape index (κ3) is 4.38. The van der Waals surface area contributed by atoms with Crippen LogP contribution in [0.5, 0.6) is 0 Å². The largest absolute Gasteiger partial charge is 0.416 e. The summed E-state index contributed by atoms with van der Waals surface area (Å²) in [5, 5.41) is 2.67. The van der Waals surface area contributed by atoms with Gasteiger partial charge in [0.1, 0.15) is 0 Å². The molecule has 7 heteroatoms. The molecule has 0 saturated heterocycles. The Kier molecular flexibility index (Phi) is 5.48. The summed E-state index contributed by atoms with van der Waals surface area (Å²) in [5.74, 6) is -0.196. The van der Waals surface area contributed by atoms with Crippen molar-refractivity contribution in [1.29, 1.82) is 0 Å². The van der Waals surface area contributed by atoms with Gasteiger partial charge < -0.3 is 10.2 Å². The fourth-order valence-electron chi connectivity index (χ4n) is 4.31. The average molecular weight is 403 g/mol. The van der Waals surface area contributed by atoms with Gasteiger partial charge >= 0.3 is 6.18 Å². The molecule has 1 aromatic heterocycles. The number of alkyl halides is 3. The molecular formula is C22H24F3N3O. The Balaban J connectivity index is 1.34. The van der Waals surface area contributed by atoms with Gasteiger partial charge in [0.2, 0.25) is 5.91 Å². The molecule has 0 unspecified atom stereocenters.